The summed E-state index contributed by atoms with van der Waals surface area (Å²) in [6.45, 7) is 0. The molecule has 0 unspecified atom stereocenters. The van der Waals surface area contributed by atoms with E-state index in [0.717, 1.165) is 0 Å². The first-order chi connectivity index (χ1) is 9.95. The Bertz CT molecular complexity index is 919. The van der Waals surface area contributed by atoms with E-state index in [9.17, 15) is 8.42 Å². The van der Waals surface area contributed by atoms with Crippen LogP contribution in [0.15, 0.2) is 56.2 Å². The third-order valence-corrected chi connectivity index (χ3v) is 5.55. The summed E-state index contributed by atoms with van der Waals surface area (Å²) in [5.41, 5.74) is 7.26. The number of nitrogen functional groups attached to an aromatic ring is 1. The largest absolute Gasteiger partial charge is 0.439 e. The zero-order chi connectivity index (χ0) is 15.0. The van der Waals surface area contributed by atoms with Crippen LogP contribution < -0.4 is 5.73 Å². The fraction of sp³-hybridized carbons (Fsp3) is 0.0714. The lowest BCUT2D eigenvalue weighted by molar-refractivity contribution is 0.540. The molecule has 0 amide bonds. The van der Waals surface area contributed by atoms with Crippen LogP contribution in [0.2, 0.25) is 0 Å². The average Bonchev–Trinajstić information content (AvgIpc) is 2.79. The van der Waals surface area contributed by atoms with Gasteiger partial charge in [0, 0.05) is 16.2 Å². The molecule has 1 aromatic heterocycles. The van der Waals surface area contributed by atoms with Crippen LogP contribution in [-0.2, 0) is 15.6 Å². The summed E-state index contributed by atoms with van der Waals surface area (Å²) in [5, 5.41) is 0. The molecular weight excluding hydrogens is 356 g/mol. The SMILES string of the molecule is Nc1ccc2nc(CS(=O)(=O)c3ccccc3Br)oc2c1. The Labute approximate surface area is 129 Å². The number of nitrogens with zero attached hydrogens (tertiary/aromatic N) is 1. The van der Waals surface area contributed by atoms with Crippen LogP contribution in [0.3, 0.4) is 0 Å². The zero-order valence-corrected chi connectivity index (χ0v) is 13.2. The van der Waals surface area contributed by atoms with Crippen LogP contribution in [0.4, 0.5) is 5.69 Å². The van der Waals surface area contributed by atoms with Gasteiger partial charge in [-0.3, -0.25) is 0 Å². The molecule has 7 heteroatoms. The first-order valence-electron chi connectivity index (χ1n) is 6.08. The van der Waals surface area contributed by atoms with Gasteiger partial charge in [0.1, 0.15) is 11.3 Å². The fourth-order valence-corrected chi connectivity index (χ4v) is 4.27. The summed E-state index contributed by atoms with van der Waals surface area (Å²) in [7, 11) is -3.54. The Hall–Kier alpha value is -1.86. The zero-order valence-electron chi connectivity index (χ0n) is 10.8. The number of anilines is 1. The number of hydrogen-bond donors (Lipinski definition) is 1. The normalized spacial score (nSPS) is 11.9. The molecule has 3 rings (SSSR count). The molecule has 0 saturated heterocycles. The highest BCUT2D eigenvalue weighted by Gasteiger charge is 2.21. The first-order valence-corrected chi connectivity index (χ1v) is 8.52. The summed E-state index contributed by atoms with van der Waals surface area (Å²) in [4.78, 5) is 4.39. The number of rotatable bonds is 3. The van der Waals surface area contributed by atoms with Crippen molar-refractivity contribution in [3.63, 3.8) is 0 Å². The highest BCUT2D eigenvalue weighted by molar-refractivity contribution is 9.10. The van der Waals surface area contributed by atoms with Gasteiger partial charge in [-0.2, -0.15) is 0 Å². The maximum Gasteiger partial charge on any atom is 0.211 e. The van der Waals surface area contributed by atoms with E-state index in [0.29, 0.717) is 21.3 Å². The molecule has 0 aliphatic carbocycles. The average molecular weight is 367 g/mol. The smallest absolute Gasteiger partial charge is 0.211 e. The molecule has 3 aromatic rings. The van der Waals surface area contributed by atoms with Crippen LogP contribution in [-0.4, -0.2) is 13.4 Å². The fourth-order valence-electron chi connectivity index (χ4n) is 1.99. The van der Waals surface area contributed by atoms with Crippen LogP contribution in [0.1, 0.15) is 5.89 Å². The van der Waals surface area contributed by atoms with Crippen molar-refractivity contribution in [1.29, 1.82) is 0 Å². The van der Waals surface area contributed by atoms with Crippen molar-refractivity contribution in [3.8, 4) is 0 Å². The van der Waals surface area contributed by atoms with Gasteiger partial charge < -0.3 is 10.2 Å². The van der Waals surface area contributed by atoms with Gasteiger partial charge in [-0.05, 0) is 40.2 Å². The van der Waals surface area contributed by atoms with Crippen LogP contribution in [0, 0.1) is 0 Å². The molecule has 2 N–H and O–H groups in total. The number of benzene rings is 2. The van der Waals surface area contributed by atoms with E-state index in [4.69, 9.17) is 10.2 Å². The number of fused-ring (bicyclic) bond motifs is 1. The van der Waals surface area contributed by atoms with Crippen molar-refractivity contribution in [3.05, 3.63) is 52.8 Å². The number of halogens is 1. The Kier molecular flexibility index (Phi) is 3.46. The number of sulfone groups is 1. The van der Waals surface area contributed by atoms with Crippen molar-refractivity contribution in [2.75, 3.05) is 5.73 Å². The molecule has 108 valence electrons. The molecule has 0 saturated carbocycles. The molecule has 0 spiro atoms. The van der Waals surface area contributed by atoms with Crippen molar-refractivity contribution in [2.24, 2.45) is 0 Å². The van der Waals surface area contributed by atoms with Crippen LogP contribution in [0.25, 0.3) is 11.1 Å². The minimum Gasteiger partial charge on any atom is -0.439 e. The molecule has 0 aliphatic heterocycles. The maximum atomic E-state index is 12.4. The molecule has 0 aliphatic rings. The lowest BCUT2D eigenvalue weighted by atomic mass is 10.3. The topological polar surface area (TPSA) is 86.2 Å². The molecule has 0 atom stereocenters. The Balaban J connectivity index is 1.99. The lowest BCUT2D eigenvalue weighted by Gasteiger charge is -2.03. The van der Waals surface area contributed by atoms with Crippen molar-refractivity contribution >= 4 is 42.6 Å². The molecular formula is C14H11BrN2O3S. The van der Waals surface area contributed by atoms with Gasteiger partial charge in [0.25, 0.3) is 0 Å². The quantitative estimate of drug-likeness (QED) is 0.719. The third kappa shape index (κ3) is 2.79. The minimum absolute atomic E-state index is 0.145. The van der Waals surface area contributed by atoms with Gasteiger partial charge in [-0.15, -0.1) is 0 Å². The number of aromatic nitrogens is 1. The van der Waals surface area contributed by atoms with Gasteiger partial charge in [-0.1, -0.05) is 12.1 Å². The molecule has 1 heterocycles. The number of oxazole rings is 1. The minimum atomic E-state index is -3.54. The summed E-state index contributed by atoms with van der Waals surface area (Å²) in [5.74, 6) is -0.157. The van der Waals surface area contributed by atoms with Crippen molar-refractivity contribution in [2.45, 2.75) is 10.6 Å². The number of hydrogen-bond acceptors (Lipinski definition) is 5. The first kappa shape index (κ1) is 14.1. The van der Waals surface area contributed by atoms with E-state index < -0.39 is 9.84 Å². The molecule has 0 bridgehead atoms. The second-order valence-electron chi connectivity index (χ2n) is 4.52. The van der Waals surface area contributed by atoms with Crippen molar-refractivity contribution < 1.29 is 12.8 Å². The number of nitrogens with two attached hydrogens (primary N) is 1. The Morgan fingerprint density at radius 1 is 1.19 bits per heavy atom. The molecule has 5 nitrogen and oxygen atoms in total. The highest BCUT2D eigenvalue weighted by atomic mass is 79.9. The van der Waals surface area contributed by atoms with E-state index in [1.54, 1.807) is 42.5 Å². The molecule has 2 aromatic carbocycles. The predicted molar refractivity (Wildman–Crippen MR) is 83.5 cm³/mol. The predicted octanol–water partition coefficient (Wildman–Crippen LogP) is 3.15. The highest BCUT2D eigenvalue weighted by Crippen LogP contribution is 2.26. The second kappa shape index (κ2) is 5.16. The third-order valence-electron chi connectivity index (χ3n) is 2.94. The standard InChI is InChI=1S/C14H11BrN2O3S/c15-10-3-1-2-4-13(10)21(18,19)8-14-17-11-6-5-9(16)7-12(11)20-14/h1-7H,8,16H2. The van der Waals surface area contributed by atoms with Gasteiger partial charge in [0.2, 0.25) is 5.89 Å². The molecule has 0 radical (unpaired) electrons. The molecule has 21 heavy (non-hydrogen) atoms. The maximum absolute atomic E-state index is 12.4. The van der Waals surface area contributed by atoms with E-state index in [1.165, 1.54) is 0 Å². The Morgan fingerprint density at radius 3 is 2.71 bits per heavy atom. The van der Waals surface area contributed by atoms with E-state index >= 15 is 0 Å². The van der Waals surface area contributed by atoms with E-state index in [-0.39, 0.29) is 16.5 Å². The van der Waals surface area contributed by atoms with E-state index in [2.05, 4.69) is 20.9 Å². The summed E-state index contributed by atoms with van der Waals surface area (Å²) < 4.78 is 30.8. The summed E-state index contributed by atoms with van der Waals surface area (Å²) in [6, 6.07) is 11.7. The summed E-state index contributed by atoms with van der Waals surface area (Å²) in [6.07, 6.45) is 0. The lowest BCUT2D eigenvalue weighted by Crippen LogP contribution is -2.05. The van der Waals surface area contributed by atoms with Gasteiger partial charge in [-0.25, -0.2) is 13.4 Å². The van der Waals surface area contributed by atoms with E-state index in [1.807, 2.05) is 0 Å². The molecule has 0 fully saturated rings. The van der Waals surface area contributed by atoms with Gasteiger partial charge in [0.15, 0.2) is 15.4 Å². The summed E-state index contributed by atoms with van der Waals surface area (Å²) >= 11 is 3.24. The second-order valence-corrected chi connectivity index (χ2v) is 7.34. The monoisotopic (exact) mass is 366 g/mol. The van der Waals surface area contributed by atoms with Gasteiger partial charge >= 0.3 is 0 Å². The Morgan fingerprint density at radius 2 is 1.95 bits per heavy atom. The van der Waals surface area contributed by atoms with Crippen LogP contribution in [0.5, 0.6) is 0 Å². The van der Waals surface area contributed by atoms with Crippen molar-refractivity contribution in [1.82, 2.24) is 4.98 Å². The van der Waals surface area contributed by atoms with Gasteiger partial charge in [0.05, 0.1) is 4.90 Å². The van der Waals surface area contributed by atoms with Crippen LogP contribution >= 0.6 is 15.9 Å².